The summed E-state index contributed by atoms with van der Waals surface area (Å²) in [5, 5.41) is 3.98. The van der Waals surface area contributed by atoms with Gasteiger partial charge in [-0.25, -0.2) is 0 Å². The fourth-order valence-corrected chi connectivity index (χ4v) is 3.39. The highest BCUT2D eigenvalue weighted by Gasteiger charge is 2.18. The molecule has 1 aliphatic carbocycles. The van der Waals surface area contributed by atoms with E-state index in [4.69, 9.17) is 0 Å². The van der Waals surface area contributed by atoms with E-state index in [-0.39, 0.29) is 11.5 Å². The summed E-state index contributed by atoms with van der Waals surface area (Å²) in [6.45, 7) is 1.99. The van der Waals surface area contributed by atoms with Crippen LogP contribution in [-0.4, -0.2) is 10.9 Å². The number of hydrogen-bond acceptors (Lipinski definition) is 2. The van der Waals surface area contributed by atoms with Crippen LogP contribution < -0.4 is 10.9 Å². The molecule has 3 aromatic rings. The van der Waals surface area contributed by atoms with Crippen LogP contribution in [0, 0.1) is 6.92 Å². The number of benzene rings is 2. The minimum atomic E-state index is -0.155. The highest BCUT2D eigenvalue weighted by Crippen LogP contribution is 2.27. The number of hydrogen-bond donors (Lipinski definition) is 2. The van der Waals surface area contributed by atoms with E-state index >= 15 is 0 Å². The molecule has 0 saturated carbocycles. The Balaban J connectivity index is 1.68. The largest absolute Gasteiger partial charge is 0.322 e. The third-order valence-corrected chi connectivity index (χ3v) is 4.66. The summed E-state index contributed by atoms with van der Waals surface area (Å²) in [4.78, 5) is 27.4. The molecule has 0 saturated heterocycles. The molecule has 0 spiro atoms. The highest BCUT2D eigenvalue weighted by atomic mass is 16.1. The van der Waals surface area contributed by atoms with Crippen LogP contribution in [0.2, 0.25) is 0 Å². The van der Waals surface area contributed by atoms with Crippen molar-refractivity contribution in [3.05, 3.63) is 75.1 Å². The first-order valence-corrected chi connectivity index (χ1v) is 8.17. The van der Waals surface area contributed by atoms with Crippen molar-refractivity contribution < 1.29 is 4.79 Å². The third kappa shape index (κ3) is 2.50. The lowest BCUT2D eigenvalue weighted by molar-refractivity contribution is 0.102. The van der Waals surface area contributed by atoms with Gasteiger partial charge in [0, 0.05) is 22.2 Å². The topological polar surface area (TPSA) is 62.0 Å². The first-order chi connectivity index (χ1) is 11.6. The zero-order valence-electron chi connectivity index (χ0n) is 13.5. The van der Waals surface area contributed by atoms with Gasteiger partial charge >= 0.3 is 0 Å². The van der Waals surface area contributed by atoms with Crippen molar-refractivity contribution in [2.24, 2.45) is 0 Å². The molecule has 24 heavy (non-hydrogen) atoms. The standard InChI is InChI=1S/C20H18N2O2/c1-12-5-7-13(8-6-12)19(23)21-14-9-10-16-15-3-2-4-17(15)20(24)22-18(16)11-14/h5-11H,2-4H2,1H3,(H,21,23)(H,22,24). The number of aromatic amines is 1. The Labute approximate surface area is 139 Å². The fourth-order valence-electron chi connectivity index (χ4n) is 3.39. The van der Waals surface area contributed by atoms with E-state index in [0.717, 1.165) is 46.9 Å². The molecule has 0 fully saturated rings. The van der Waals surface area contributed by atoms with Gasteiger partial charge in [-0.05, 0) is 56.0 Å². The van der Waals surface area contributed by atoms with Crippen LogP contribution >= 0.6 is 0 Å². The van der Waals surface area contributed by atoms with Gasteiger partial charge < -0.3 is 10.3 Å². The van der Waals surface area contributed by atoms with Gasteiger partial charge in [-0.15, -0.1) is 0 Å². The molecule has 1 heterocycles. The number of anilines is 1. The van der Waals surface area contributed by atoms with Crippen molar-refractivity contribution in [3.8, 4) is 0 Å². The summed E-state index contributed by atoms with van der Waals surface area (Å²) in [6, 6.07) is 13.2. The maximum atomic E-state index is 12.3. The van der Waals surface area contributed by atoms with Gasteiger partial charge in [0.25, 0.3) is 11.5 Å². The number of pyridine rings is 1. The molecule has 0 atom stereocenters. The van der Waals surface area contributed by atoms with Crippen molar-refractivity contribution in [2.45, 2.75) is 26.2 Å². The number of fused-ring (bicyclic) bond motifs is 3. The minimum absolute atomic E-state index is 0.00277. The second-order valence-corrected chi connectivity index (χ2v) is 6.35. The lowest BCUT2D eigenvalue weighted by atomic mass is 10.1. The predicted octanol–water partition coefficient (Wildman–Crippen LogP) is 3.58. The summed E-state index contributed by atoms with van der Waals surface area (Å²) in [6.07, 6.45) is 2.83. The quantitative estimate of drug-likeness (QED) is 0.758. The molecule has 2 N–H and O–H groups in total. The molecule has 4 rings (SSSR count). The highest BCUT2D eigenvalue weighted by molar-refractivity contribution is 6.05. The SMILES string of the molecule is Cc1ccc(C(=O)Nc2ccc3c4c(c(=O)[nH]c3c2)CCC4)cc1. The molecular formula is C20H18N2O2. The Morgan fingerprint density at radius 3 is 2.58 bits per heavy atom. The number of carbonyl (C=O) groups excluding carboxylic acids is 1. The number of aryl methyl sites for hydroxylation is 2. The molecule has 0 bridgehead atoms. The van der Waals surface area contributed by atoms with Crippen LogP contribution in [0.15, 0.2) is 47.3 Å². The van der Waals surface area contributed by atoms with Gasteiger partial charge in [-0.3, -0.25) is 9.59 Å². The Morgan fingerprint density at radius 1 is 1.04 bits per heavy atom. The van der Waals surface area contributed by atoms with E-state index in [0.29, 0.717) is 11.3 Å². The first-order valence-electron chi connectivity index (χ1n) is 8.17. The number of carbonyl (C=O) groups is 1. The normalized spacial score (nSPS) is 13.0. The molecule has 1 aliphatic rings. The van der Waals surface area contributed by atoms with Crippen LogP contribution in [0.25, 0.3) is 10.9 Å². The fraction of sp³-hybridized carbons (Fsp3) is 0.200. The van der Waals surface area contributed by atoms with E-state index in [9.17, 15) is 9.59 Å². The Morgan fingerprint density at radius 2 is 1.79 bits per heavy atom. The summed E-state index contributed by atoms with van der Waals surface area (Å²) in [5.74, 6) is -0.155. The predicted molar refractivity (Wildman–Crippen MR) is 95.7 cm³/mol. The molecule has 0 unspecified atom stereocenters. The van der Waals surface area contributed by atoms with Crippen molar-refractivity contribution in [2.75, 3.05) is 5.32 Å². The third-order valence-electron chi connectivity index (χ3n) is 4.66. The summed E-state index contributed by atoms with van der Waals surface area (Å²) in [5.41, 5.74) is 5.26. The zero-order chi connectivity index (χ0) is 16.7. The Bertz CT molecular complexity index is 1000. The lowest BCUT2D eigenvalue weighted by Gasteiger charge is -2.09. The monoisotopic (exact) mass is 318 g/mol. The molecule has 4 nitrogen and oxygen atoms in total. The van der Waals surface area contributed by atoms with Crippen molar-refractivity contribution >= 4 is 22.5 Å². The number of amides is 1. The second kappa shape index (κ2) is 5.64. The van der Waals surface area contributed by atoms with E-state index in [1.54, 1.807) is 12.1 Å². The smallest absolute Gasteiger partial charge is 0.255 e. The number of aromatic nitrogens is 1. The molecule has 0 radical (unpaired) electrons. The number of rotatable bonds is 2. The second-order valence-electron chi connectivity index (χ2n) is 6.35. The van der Waals surface area contributed by atoms with Crippen molar-refractivity contribution in [1.29, 1.82) is 0 Å². The van der Waals surface area contributed by atoms with Gasteiger partial charge in [0.05, 0.1) is 5.52 Å². The molecule has 1 amide bonds. The molecular weight excluding hydrogens is 300 g/mol. The zero-order valence-corrected chi connectivity index (χ0v) is 13.5. The van der Waals surface area contributed by atoms with Crippen molar-refractivity contribution in [1.82, 2.24) is 4.98 Å². The number of nitrogens with one attached hydrogen (secondary N) is 2. The maximum absolute atomic E-state index is 12.3. The van der Waals surface area contributed by atoms with Gasteiger partial charge in [-0.1, -0.05) is 23.8 Å². The summed E-state index contributed by atoms with van der Waals surface area (Å²) in [7, 11) is 0. The van der Waals surface area contributed by atoms with Crippen LogP contribution in [0.3, 0.4) is 0 Å². The van der Waals surface area contributed by atoms with E-state index in [1.165, 1.54) is 0 Å². The molecule has 2 aromatic carbocycles. The van der Waals surface area contributed by atoms with Crippen LogP contribution in [-0.2, 0) is 12.8 Å². The van der Waals surface area contributed by atoms with Crippen molar-refractivity contribution in [3.63, 3.8) is 0 Å². The van der Waals surface area contributed by atoms with Gasteiger partial charge in [0.2, 0.25) is 0 Å². The summed E-state index contributed by atoms with van der Waals surface area (Å²) >= 11 is 0. The van der Waals surface area contributed by atoms with E-state index < -0.39 is 0 Å². The van der Waals surface area contributed by atoms with Gasteiger partial charge in [0.15, 0.2) is 0 Å². The van der Waals surface area contributed by atoms with Crippen LogP contribution in [0.4, 0.5) is 5.69 Å². The molecule has 0 aliphatic heterocycles. The first kappa shape index (κ1) is 14.7. The van der Waals surface area contributed by atoms with Crippen LogP contribution in [0.1, 0.15) is 33.5 Å². The Kier molecular flexibility index (Phi) is 3.45. The maximum Gasteiger partial charge on any atom is 0.255 e. The van der Waals surface area contributed by atoms with E-state index in [1.807, 2.05) is 37.3 Å². The molecule has 1 aromatic heterocycles. The number of H-pyrrole nitrogens is 1. The molecule has 4 heteroatoms. The van der Waals surface area contributed by atoms with E-state index in [2.05, 4.69) is 10.3 Å². The summed E-state index contributed by atoms with van der Waals surface area (Å²) < 4.78 is 0. The minimum Gasteiger partial charge on any atom is -0.322 e. The van der Waals surface area contributed by atoms with Gasteiger partial charge in [0.1, 0.15) is 0 Å². The average molecular weight is 318 g/mol. The van der Waals surface area contributed by atoms with Crippen LogP contribution in [0.5, 0.6) is 0 Å². The Hall–Kier alpha value is -2.88. The van der Waals surface area contributed by atoms with Gasteiger partial charge in [-0.2, -0.15) is 0 Å². The molecule has 120 valence electrons. The lowest BCUT2D eigenvalue weighted by Crippen LogP contribution is -2.14. The average Bonchev–Trinajstić information content (AvgIpc) is 3.06.